The van der Waals surface area contributed by atoms with Crippen LogP contribution in [-0.4, -0.2) is 58.4 Å². The zero-order valence-electron chi connectivity index (χ0n) is 18.6. The fourth-order valence-electron chi connectivity index (χ4n) is 4.41. The first-order valence-corrected chi connectivity index (χ1v) is 10.7. The number of benzene rings is 1. The first-order valence-electron chi connectivity index (χ1n) is 10.7. The summed E-state index contributed by atoms with van der Waals surface area (Å²) in [7, 11) is 0. The summed E-state index contributed by atoms with van der Waals surface area (Å²) in [5, 5.41) is 9.77. The van der Waals surface area contributed by atoms with Crippen LogP contribution in [0.4, 0.5) is 16.3 Å². The summed E-state index contributed by atoms with van der Waals surface area (Å²) >= 11 is 0. The van der Waals surface area contributed by atoms with Crippen molar-refractivity contribution in [1.82, 2.24) is 14.9 Å². The number of aromatic nitrogens is 2. The zero-order valence-corrected chi connectivity index (χ0v) is 18.6. The van der Waals surface area contributed by atoms with Gasteiger partial charge in [0, 0.05) is 35.8 Å². The Bertz CT molecular complexity index is 970. The zero-order chi connectivity index (χ0) is 22.3. The summed E-state index contributed by atoms with van der Waals surface area (Å²) in [5.41, 5.74) is 9.09. The number of morpholine rings is 1. The standard InChI is InChI=1S/C23H31N5O3/c1-14-13-31-10-9-28(14)21-19-17(23(2,3)4)11-27(22(29)30)12-18(19)25-20(26-21)15-5-7-16(24)8-6-15/h5-8,14,17H,9-13,24H2,1-4H3,(H,29,30). The van der Waals surface area contributed by atoms with Crippen LogP contribution in [0.2, 0.25) is 0 Å². The summed E-state index contributed by atoms with van der Waals surface area (Å²) in [6.45, 7) is 11.3. The molecule has 0 saturated carbocycles. The first kappa shape index (κ1) is 21.4. The van der Waals surface area contributed by atoms with Crippen LogP contribution in [0.25, 0.3) is 11.4 Å². The molecule has 1 aromatic heterocycles. The van der Waals surface area contributed by atoms with Gasteiger partial charge in [-0.2, -0.15) is 0 Å². The van der Waals surface area contributed by atoms with Crippen LogP contribution < -0.4 is 10.6 Å². The molecule has 4 rings (SSSR count). The van der Waals surface area contributed by atoms with Crippen molar-refractivity contribution >= 4 is 17.6 Å². The number of amides is 1. The van der Waals surface area contributed by atoms with E-state index in [4.69, 9.17) is 20.4 Å². The number of ether oxygens (including phenoxy) is 1. The summed E-state index contributed by atoms with van der Waals surface area (Å²) in [6.07, 6.45) is -0.922. The van der Waals surface area contributed by atoms with Gasteiger partial charge in [-0.15, -0.1) is 0 Å². The van der Waals surface area contributed by atoms with Gasteiger partial charge >= 0.3 is 6.09 Å². The van der Waals surface area contributed by atoms with Crippen molar-refractivity contribution in [1.29, 1.82) is 0 Å². The minimum atomic E-state index is -0.922. The lowest BCUT2D eigenvalue weighted by Crippen LogP contribution is -2.47. The average Bonchev–Trinajstić information content (AvgIpc) is 2.72. The van der Waals surface area contributed by atoms with Crippen molar-refractivity contribution in [3.63, 3.8) is 0 Å². The molecule has 0 bridgehead atoms. The SMILES string of the molecule is CC1COCCN1c1nc(-c2ccc(N)cc2)nc2c1C(C(C)(C)C)CN(C(=O)O)C2. The molecular weight excluding hydrogens is 394 g/mol. The van der Waals surface area contributed by atoms with Gasteiger partial charge in [0.05, 0.1) is 31.5 Å². The molecule has 31 heavy (non-hydrogen) atoms. The lowest BCUT2D eigenvalue weighted by atomic mass is 9.74. The van der Waals surface area contributed by atoms with E-state index in [0.717, 1.165) is 29.2 Å². The normalized spacial score (nSPS) is 21.7. The Morgan fingerprint density at radius 1 is 1.23 bits per heavy atom. The molecule has 2 aliphatic heterocycles. The third kappa shape index (κ3) is 4.17. The van der Waals surface area contributed by atoms with Crippen LogP contribution in [0.15, 0.2) is 24.3 Å². The van der Waals surface area contributed by atoms with Crippen LogP contribution in [0.1, 0.15) is 44.9 Å². The number of carbonyl (C=O) groups is 1. The fourth-order valence-corrected chi connectivity index (χ4v) is 4.41. The number of rotatable bonds is 2. The Kier molecular flexibility index (Phi) is 5.51. The minimum Gasteiger partial charge on any atom is -0.465 e. The Morgan fingerprint density at radius 3 is 2.55 bits per heavy atom. The summed E-state index contributed by atoms with van der Waals surface area (Å²) in [6, 6.07) is 7.64. The molecule has 3 N–H and O–H groups in total. The molecule has 0 spiro atoms. The predicted molar refractivity (Wildman–Crippen MR) is 120 cm³/mol. The van der Waals surface area contributed by atoms with E-state index in [1.54, 1.807) is 0 Å². The van der Waals surface area contributed by atoms with E-state index >= 15 is 0 Å². The lowest BCUT2D eigenvalue weighted by Gasteiger charge is -2.43. The van der Waals surface area contributed by atoms with Crippen molar-refractivity contribution < 1.29 is 14.6 Å². The molecule has 1 fully saturated rings. The average molecular weight is 426 g/mol. The molecule has 2 atom stereocenters. The van der Waals surface area contributed by atoms with Crippen molar-refractivity contribution in [2.24, 2.45) is 5.41 Å². The van der Waals surface area contributed by atoms with Gasteiger partial charge in [-0.1, -0.05) is 20.8 Å². The maximum absolute atomic E-state index is 11.9. The van der Waals surface area contributed by atoms with Gasteiger partial charge in [0.1, 0.15) is 5.82 Å². The number of hydrogen-bond acceptors (Lipinski definition) is 6. The van der Waals surface area contributed by atoms with E-state index in [1.165, 1.54) is 4.90 Å². The van der Waals surface area contributed by atoms with Crippen molar-refractivity contribution in [2.75, 3.05) is 36.9 Å². The smallest absolute Gasteiger partial charge is 0.407 e. The number of nitrogens with two attached hydrogens (primary N) is 1. The maximum Gasteiger partial charge on any atom is 0.407 e. The van der Waals surface area contributed by atoms with Crippen LogP contribution in [0.3, 0.4) is 0 Å². The quantitative estimate of drug-likeness (QED) is 0.709. The number of nitrogen functional groups attached to an aromatic ring is 1. The van der Waals surface area contributed by atoms with Gasteiger partial charge in [0.25, 0.3) is 0 Å². The van der Waals surface area contributed by atoms with Gasteiger partial charge in [0.15, 0.2) is 5.82 Å². The van der Waals surface area contributed by atoms with E-state index in [1.807, 2.05) is 24.3 Å². The molecule has 2 unspecified atom stereocenters. The second kappa shape index (κ2) is 8.00. The topological polar surface area (TPSA) is 105 Å². The van der Waals surface area contributed by atoms with Gasteiger partial charge < -0.3 is 25.4 Å². The van der Waals surface area contributed by atoms with E-state index in [9.17, 15) is 9.90 Å². The monoisotopic (exact) mass is 425 g/mol. The number of hydrogen-bond donors (Lipinski definition) is 2. The highest BCUT2D eigenvalue weighted by Gasteiger charge is 2.40. The van der Waals surface area contributed by atoms with Crippen LogP contribution >= 0.6 is 0 Å². The number of anilines is 2. The Morgan fingerprint density at radius 2 is 1.94 bits per heavy atom. The van der Waals surface area contributed by atoms with Crippen molar-refractivity contribution in [3.8, 4) is 11.4 Å². The molecule has 1 saturated heterocycles. The van der Waals surface area contributed by atoms with E-state index < -0.39 is 6.09 Å². The molecule has 0 aliphatic carbocycles. The highest BCUT2D eigenvalue weighted by Crippen LogP contribution is 2.45. The molecule has 8 nitrogen and oxygen atoms in total. The van der Waals surface area contributed by atoms with Crippen LogP contribution in [0, 0.1) is 5.41 Å². The molecule has 1 aromatic carbocycles. The molecule has 0 radical (unpaired) electrons. The van der Waals surface area contributed by atoms with E-state index in [-0.39, 0.29) is 23.9 Å². The van der Waals surface area contributed by atoms with Crippen LogP contribution in [-0.2, 0) is 11.3 Å². The number of nitrogens with zero attached hydrogens (tertiary/aromatic N) is 4. The predicted octanol–water partition coefficient (Wildman–Crippen LogP) is 3.57. The van der Waals surface area contributed by atoms with Gasteiger partial charge in [-0.05, 0) is 36.6 Å². The third-order valence-corrected chi connectivity index (χ3v) is 6.22. The highest BCUT2D eigenvalue weighted by molar-refractivity contribution is 5.68. The third-order valence-electron chi connectivity index (χ3n) is 6.22. The van der Waals surface area contributed by atoms with Gasteiger partial charge in [-0.25, -0.2) is 14.8 Å². The highest BCUT2D eigenvalue weighted by atomic mass is 16.5. The molecule has 2 aromatic rings. The molecule has 2 aliphatic rings. The second-order valence-electron chi connectivity index (χ2n) is 9.55. The minimum absolute atomic E-state index is 0.0159. The molecule has 3 heterocycles. The van der Waals surface area contributed by atoms with Crippen molar-refractivity contribution in [3.05, 3.63) is 35.5 Å². The maximum atomic E-state index is 11.9. The summed E-state index contributed by atoms with van der Waals surface area (Å²) in [5.74, 6) is 1.47. The molecule has 8 heteroatoms. The molecule has 1 amide bonds. The number of fused-ring (bicyclic) bond motifs is 1. The lowest BCUT2D eigenvalue weighted by molar-refractivity contribution is 0.0976. The number of carboxylic acid groups (broad SMARTS) is 1. The fraction of sp³-hybridized carbons (Fsp3) is 0.522. The van der Waals surface area contributed by atoms with Gasteiger partial charge in [-0.3, -0.25) is 0 Å². The van der Waals surface area contributed by atoms with Gasteiger partial charge in [0.2, 0.25) is 0 Å². The Labute approximate surface area is 183 Å². The van der Waals surface area contributed by atoms with Crippen LogP contribution in [0.5, 0.6) is 0 Å². The summed E-state index contributed by atoms with van der Waals surface area (Å²) < 4.78 is 5.66. The Hall–Kier alpha value is -2.87. The summed E-state index contributed by atoms with van der Waals surface area (Å²) in [4.78, 5) is 25.6. The van der Waals surface area contributed by atoms with E-state index in [2.05, 4.69) is 32.6 Å². The second-order valence-corrected chi connectivity index (χ2v) is 9.55. The van der Waals surface area contributed by atoms with Crippen molar-refractivity contribution in [2.45, 2.75) is 46.2 Å². The van der Waals surface area contributed by atoms with E-state index in [0.29, 0.717) is 31.3 Å². The largest absolute Gasteiger partial charge is 0.465 e. The molecular formula is C23H31N5O3. The first-order chi connectivity index (χ1) is 14.6. The Balaban J connectivity index is 1.93. The molecule has 166 valence electrons.